The molecular formula is C21H22ClN5O2. The maximum absolute atomic E-state index is 13.4. The SMILES string of the molecule is Cc1ccnc(O[C@@H]2CC[C@@H](C)N(C(=O)c3ccc(Cl)cc3-n3nccn3)C2)c1. The van der Waals surface area contributed by atoms with Gasteiger partial charge in [-0.15, -0.1) is 0 Å². The summed E-state index contributed by atoms with van der Waals surface area (Å²) in [5.74, 6) is 0.497. The smallest absolute Gasteiger partial charge is 0.256 e. The van der Waals surface area contributed by atoms with Crippen molar-refractivity contribution in [1.29, 1.82) is 0 Å². The van der Waals surface area contributed by atoms with Crippen LogP contribution in [0.4, 0.5) is 0 Å². The molecule has 1 aromatic carbocycles. The van der Waals surface area contributed by atoms with Gasteiger partial charge < -0.3 is 9.64 Å². The third kappa shape index (κ3) is 4.24. The van der Waals surface area contributed by atoms with Crippen molar-refractivity contribution in [3.05, 3.63) is 65.1 Å². The number of carbonyl (C=O) groups is 1. The Hall–Kier alpha value is -2.93. The van der Waals surface area contributed by atoms with Crippen LogP contribution in [0.15, 0.2) is 48.9 Å². The predicted molar refractivity (Wildman–Crippen MR) is 109 cm³/mol. The van der Waals surface area contributed by atoms with E-state index in [9.17, 15) is 4.79 Å². The average Bonchev–Trinajstić information content (AvgIpc) is 3.24. The maximum Gasteiger partial charge on any atom is 0.256 e. The first kappa shape index (κ1) is 19.4. The van der Waals surface area contributed by atoms with E-state index in [0.29, 0.717) is 28.7 Å². The Kier molecular flexibility index (Phi) is 5.49. The highest BCUT2D eigenvalue weighted by molar-refractivity contribution is 6.31. The molecule has 0 saturated carbocycles. The van der Waals surface area contributed by atoms with Gasteiger partial charge in [0.2, 0.25) is 5.88 Å². The van der Waals surface area contributed by atoms with Gasteiger partial charge in [0.15, 0.2) is 0 Å². The van der Waals surface area contributed by atoms with Gasteiger partial charge in [0.05, 0.1) is 30.2 Å². The van der Waals surface area contributed by atoms with Crippen LogP contribution in [0.3, 0.4) is 0 Å². The molecule has 0 N–H and O–H groups in total. The zero-order chi connectivity index (χ0) is 20.4. The normalized spacial score (nSPS) is 19.2. The Morgan fingerprint density at radius 2 is 1.93 bits per heavy atom. The average molecular weight is 412 g/mol. The van der Waals surface area contributed by atoms with Gasteiger partial charge in [0, 0.05) is 23.3 Å². The van der Waals surface area contributed by atoms with Crippen molar-refractivity contribution in [2.24, 2.45) is 0 Å². The molecule has 8 heteroatoms. The van der Waals surface area contributed by atoms with Crippen molar-refractivity contribution in [1.82, 2.24) is 24.9 Å². The topological polar surface area (TPSA) is 73.1 Å². The van der Waals surface area contributed by atoms with Crippen LogP contribution in [0, 0.1) is 6.92 Å². The van der Waals surface area contributed by atoms with Crippen LogP contribution >= 0.6 is 11.6 Å². The summed E-state index contributed by atoms with van der Waals surface area (Å²) in [7, 11) is 0. The molecule has 1 saturated heterocycles. The summed E-state index contributed by atoms with van der Waals surface area (Å²) in [5.41, 5.74) is 2.15. The van der Waals surface area contributed by atoms with Crippen molar-refractivity contribution in [3.63, 3.8) is 0 Å². The predicted octanol–water partition coefficient (Wildman–Crippen LogP) is 3.70. The molecular weight excluding hydrogens is 390 g/mol. The molecule has 4 rings (SSSR count). The van der Waals surface area contributed by atoms with Crippen LogP contribution in [0.1, 0.15) is 35.7 Å². The van der Waals surface area contributed by atoms with Gasteiger partial charge in [-0.25, -0.2) is 4.98 Å². The first-order chi connectivity index (χ1) is 14.0. The molecule has 3 aromatic rings. The fourth-order valence-corrected chi connectivity index (χ4v) is 3.71. The summed E-state index contributed by atoms with van der Waals surface area (Å²) < 4.78 is 6.07. The third-order valence-electron chi connectivity index (χ3n) is 5.10. The van der Waals surface area contributed by atoms with E-state index >= 15 is 0 Å². The van der Waals surface area contributed by atoms with Crippen molar-refractivity contribution in [3.8, 4) is 11.6 Å². The molecule has 3 heterocycles. The number of hydrogen-bond acceptors (Lipinski definition) is 5. The van der Waals surface area contributed by atoms with Gasteiger partial charge in [-0.3, -0.25) is 4.79 Å². The molecule has 29 heavy (non-hydrogen) atoms. The molecule has 0 unspecified atom stereocenters. The van der Waals surface area contributed by atoms with Crippen molar-refractivity contribution >= 4 is 17.5 Å². The van der Waals surface area contributed by atoms with E-state index in [1.807, 2.05) is 24.0 Å². The molecule has 0 aliphatic carbocycles. The highest BCUT2D eigenvalue weighted by Gasteiger charge is 2.32. The van der Waals surface area contributed by atoms with Gasteiger partial charge >= 0.3 is 0 Å². The number of piperidine rings is 1. The quantitative estimate of drug-likeness (QED) is 0.654. The van der Waals surface area contributed by atoms with Crippen LogP contribution in [-0.4, -0.2) is 49.5 Å². The van der Waals surface area contributed by atoms with E-state index < -0.39 is 0 Å². The van der Waals surface area contributed by atoms with Crippen molar-refractivity contribution in [2.75, 3.05) is 6.54 Å². The number of amides is 1. The van der Waals surface area contributed by atoms with Crippen LogP contribution in [0.25, 0.3) is 5.69 Å². The summed E-state index contributed by atoms with van der Waals surface area (Å²) in [6, 6.07) is 9.07. The largest absolute Gasteiger partial charge is 0.472 e. The highest BCUT2D eigenvalue weighted by atomic mass is 35.5. The van der Waals surface area contributed by atoms with E-state index in [-0.39, 0.29) is 18.1 Å². The Balaban J connectivity index is 1.58. The Labute approximate surface area is 174 Å². The fraction of sp³-hybridized carbons (Fsp3) is 0.333. The number of pyridine rings is 1. The summed E-state index contributed by atoms with van der Waals surface area (Å²) in [6.07, 6.45) is 6.48. The van der Waals surface area contributed by atoms with Crippen molar-refractivity contribution < 1.29 is 9.53 Å². The Morgan fingerprint density at radius 3 is 2.69 bits per heavy atom. The number of likely N-dealkylation sites (tertiary alicyclic amines) is 1. The minimum Gasteiger partial charge on any atom is -0.472 e. The number of hydrogen-bond donors (Lipinski definition) is 0. The Morgan fingerprint density at radius 1 is 1.14 bits per heavy atom. The highest BCUT2D eigenvalue weighted by Crippen LogP contribution is 2.26. The minimum atomic E-state index is -0.108. The fourth-order valence-electron chi connectivity index (χ4n) is 3.54. The molecule has 150 valence electrons. The molecule has 1 aliphatic heterocycles. The lowest BCUT2D eigenvalue weighted by Gasteiger charge is -2.38. The van der Waals surface area contributed by atoms with Gasteiger partial charge in [-0.1, -0.05) is 11.6 Å². The summed E-state index contributed by atoms with van der Waals surface area (Å²) >= 11 is 6.16. The van der Waals surface area contributed by atoms with E-state index in [4.69, 9.17) is 16.3 Å². The van der Waals surface area contributed by atoms with Crippen LogP contribution in [0.2, 0.25) is 5.02 Å². The molecule has 0 spiro atoms. The van der Waals surface area contributed by atoms with Gasteiger partial charge in [0.25, 0.3) is 5.91 Å². The van der Waals surface area contributed by atoms with Crippen LogP contribution in [-0.2, 0) is 0 Å². The van der Waals surface area contributed by atoms with E-state index in [2.05, 4.69) is 22.1 Å². The minimum absolute atomic E-state index is 0.0908. The number of aromatic nitrogens is 4. The molecule has 7 nitrogen and oxygen atoms in total. The lowest BCUT2D eigenvalue weighted by atomic mass is 9.99. The lowest BCUT2D eigenvalue weighted by Crippen LogP contribution is -2.49. The molecule has 1 aliphatic rings. The number of halogens is 1. The van der Waals surface area contributed by atoms with Crippen LogP contribution < -0.4 is 4.74 Å². The summed E-state index contributed by atoms with van der Waals surface area (Å²) in [4.78, 5) is 21.0. The number of benzene rings is 1. The number of rotatable bonds is 4. The first-order valence-electron chi connectivity index (χ1n) is 9.58. The molecule has 1 amide bonds. The van der Waals surface area contributed by atoms with E-state index in [1.54, 1.807) is 36.8 Å². The van der Waals surface area contributed by atoms with E-state index in [0.717, 1.165) is 18.4 Å². The number of ether oxygens (including phenoxy) is 1. The second-order valence-corrected chi connectivity index (χ2v) is 7.71. The van der Waals surface area contributed by atoms with Gasteiger partial charge in [0.1, 0.15) is 6.10 Å². The molecule has 0 radical (unpaired) electrons. The molecule has 2 atom stereocenters. The first-order valence-corrected chi connectivity index (χ1v) is 9.95. The Bertz CT molecular complexity index is 1010. The molecule has 1 fully saturated rings. The van der Waals surface area contributed by atoms with Crippen molar-refractivity contribution in [2.45, 2.75) is 38.8 Å². The summed E-state index contributed by atoms with van der Waals surface area (Å²) in [6.45, 7) is 4.55. The summed E-state index contributed by atoms with van der Waals surface area (Å²) in [5, 5.41) is 8.83. The zero-order valence-electron chi connectivity index (χ0n) is 16.3. The third-order valence-corrected chi connectivity index (χ3v) is 5.34. The number of nitrogens with zero attached hydrogens (tertiary/aromatic N) is 5. The number of carbonyl (C=O) groups excluding carboxylic acids is 1. The molecule has 0 bridgehead atoms. The van der Waals surface area contributed by atoms with Gasteiger partial charge in [-0.05, 0) is 56.5 Å². The van der Waals surface area contributed by atoms with E-state index in [1.165, 1.54) is 4.80 Å². The maximum atomic E-state index is 13.4. The lowest BCUT2D eigenvalue weighted by molar-refractivity contribution is 0.0372. The van der Waals surface area contributed by atoms with Crippen LogP contribution in [0.5, 0.6) is 5.88 Å². The second kappa shape index (κ2) is 8.21. The standard InChI is InChI=1S/C21H22ClN5O2/c1-14-7-8-23-20(11-14)29-17-5-3-15(2)26(13-17)21(28)18-6-4-16(22)12-19(18)27-24-9-10-25-27/h4,6-12,15,17H,3,5,13H2,1-2H3/t15-,17-/m1/s1. The monoisotopic (exact) mass is 411 g/mol. The zero-order valence-corrected chi connectivity index (χ0v) is 17.1. The second-order valence-electron chi connectivity index (χ2n) is 7.28. The number of aryl methyl sites for hydroxylation is 1. The van der Waals surface area contributed by atoms with Gasteiger partial charge in [-0.2, -0.15) is 15.0 Å². The molecule has 2 aromatic heterocycles.